The van der Waals surface area contributed by atoms with E-state index in [4.69, 9.17) is 15.2 Å². The quantitative estimate of drug-likeness (QED) is 0.680. The van der Waals surface area contributed by atoms with Crippen LogP contribution in [0.25, 0.3) is 0 Å². The lowest BCUT2D eigenvalue weighted by atomic mass is 10.0. The van der Waals surface area contributed by atoms with E-state index in [-0.39, 0.29) is 6.10 Å². The molecule has 0 saturated heterocycles. The van der Waals surface area contributed by atoms with Crippen LogP contribution in [0.2, 0.25) is 0 Å². The molecule has 1 atom stereocenters. The van der Waals surface area contributed by atoms with Crippen molar-refractivity contribution in [2.75, 3.05) is 20.8 Å². The third-order valence-electron chi connectivity index (χ3n) is 2.03. The molecule has 0 aromatic carbocycles. The van der Waals surface area contributed by atoms with Gasteiger partial charge in [-0.15, -0.1) is 0 Å². The normalized spacial score (nSPS) is 23.1. The molecule has 3 nitrogen and oxygen atoms in total. The van der Waals surface area contributed by atoms with Gasteiger partial charge in [-0.2, -0.15) is 0 Å². The number of nitrogens with two attached hydrogens (primary N) is 1. The summed E-state index contributed by atoms with van der Waals surface area (Å²) in [4.78, 5) is 0. The van der Waals surface area contributed by atoms with Gasteiger partial charge in [-0.05, 0) is 0 Å². The van der Waals surface area contributed by atoms with Crippen LogP contribution in [0.4, 0.5) is 0 Å². The molecule has 0 spiro atoms. The Labute approximate surface area is 72.8 Å². The molecule has 1 aliphatic carbocycles. The Morgan fingerprint density at radius 1 is 1.58 bits per heavy atom. The van der Waals surface area contributed by atoms with Crippen LogP contribution in [0.3, 0.4) is 0 Å². The van der Waals surface area contributed by atoms with E-state index >= 15 is 0 Å². The average Bonchev–Trinajstić information content (AvgIpc) is 2.16. The molecule has 0 aliphatic heterocycles. The molecule has 0 amide bonds. The van der Waals surface area contributed by atoms with Gasteiger partial charge in [0.05, 0.1) is 13.2 Å². The molecule has 1 unspecified atom stereocenters. The molecule has 2 N–H and O–H groups in total. The molecule has 0 bridgehead atoms. The van der Waals surface area contributed by atoms with E-state index < -0.39 is 0 Å². The highest BCUT2D eigenvalue weighted by Gasteiger charge is 2.15. The minimum atomic E-state index is 0.134. The van der Waals surface area contributed by atoms with E-state index in [1.54, 1.807) is 14.2 Å². The Morgan fingerprint density at radius 3 is 2.83 bits per heavy atom. The monoisotopic (exact) mass is 169 g/mol. The van der Waals surface area contributed by atoms with E-state index in [2.05, 4.69) is 0 Å². The van der Waals surface area contributed by atoms with E-state index in [1.165, 1.54) is 0 Å². The summed E-state index contributed by atoms with van der Waals surface area (Å²) in [5, 5.41) is 0. The van der Waals surface area contributed by atoms with Gasteiger partial charge in [0.1, 0.15) is 5.76 Å². The number of hydrogen-bond donors (Lipinski definition) is 1. The van der Waals surface area contributed by atoms with Crippen molar-refractivity contribution >= 4 is 0 Å². The lowest BCUT2D eigenvalue weighted by molar-refractivity contribution is 0.120. The van der Waals surface area contributed by atoms with Crippen molar-refractivity contribution in [1.29, 1.82) is 0 Å². The van der Waals surface area contributed by atoms with Gasteiger partial charge in [-0.3, -0.25) is 0 Å². The highest BCUT2D eigenvalue weighted by atomic mass is 16.5. The van der Waals surface area contributed by atoms with Crippen molar-refractivity contribution in [2.45, 2.75) is 12.5 Å². The second kappa shape index (κ2) is 4.28. The van der Waals surface area contributed by atoms with Gasteiger partial charge >= 0.3 is 0 Å². The summed E-state index contributed by atoms with van der Waals surface area (Å²) in [5.41, 5.74) is 6.59. The molecular weight excluding hydrogens is 154 g/mol. The van der Waals surface area contributed by atoms with Crippen molar-refractivity contribution in [3.8, 4) is 0 Å². The second-order valence-electron chi connectivity index (χ2n) is 2.69. The Bertz CT molecular complexity index is 209. The fraction of sp³-hybridized carbons (Fsp3) is 0.556. The van der Waals surface area contributed by atoms with Gasteiger partial charge < -0.3 is 15.2 Å². The largest absolute Gasteiger partial charge is 0.501 e. The summed E-state index contributed by atoms with van der Waals surface area (Å²) in [6, 6.07) is 0. The lowest BCUT2D eigenvalue weighted by Crippen LogP contribution is -2.17. The average molecular weight is 169 g/mol. The molecule has 0 fully saturated rings. The molecule has 0 radical (unpaired) electrons. The predicted octanol–water partition coefficient (Wildman–Crippen LogP) is 0.820. The first-order valence-corrected chi connectivity index (χ1v) is 3.99. The number of ether oxygens (including phenoxy) is 2. The third kappa shape index (κ3) is 1.87. The summed E-state index contributed by atoms with van der Waals surface area (Å²) in [7, 11) is 3.35. The van der Waals surface area contributed by atoms with Gasteiger partial charge in [0.2, 0.25) is 0 Å². The van der Waals surface area contributed by atoms with Crippen LogP contribution < -0.4 is 5.73 Å². The molecule has 12 heavy (non-hydrogen) atoms. The van der Waals surface area contributed by atoms with Crippen molar-refractivity contribution in [3.63, 3.8) is 0 Å². The minimum Gasteiger partial charge on any atom is -0.501 e. The lowest BCUT2D eigenvalue weighted by Gasteiger charge is -2.19. The summed E-state index contributed by atoms with van der Waals surface area (Å²) in [6.07, 6.45) is 4.90. The first kappa shape index (κ1) is 9.29. The van der Waals surface area contributed by atoms with Crippen LogP contribution >= 0.6 is 0 Å². The smallest absolute Gasteiger partial charge is 0.103 e. The first-order chi connectivity index (χ1) is 5.81. The van der Waals surface area contributed by atoms with E-state index in [9.17, 15) is 0 Å². The zero-order valence-electron chi connectivity index (χ0n) is 7.54. The number of methoxy groups -OCH3 is 2. The molecular formula is C9H15NO2. The van der Waals surface area contributed by atoms with Crippen LogP contribution in [-0.4, -0.2) is 26.9 Å². The van der Waals surface area contributed by atoms with Crippen LogP contribution in [0.15, 0.2) is 23.5 Å². The summed E-state index contributed by atoms with van der Waals surface area (Å²) >= 11 is 0. The maximum Gasteiger partial charge on any atom is 0.103 e. The Hall–Kier alpha value is -0.800. The molecule has 68 valence electrons. The van der Waals surface area contributed by atoms with Gasteiger partial charge in [-0.1, -0.05) is 12.2 Å². The maximum absolute atomic E-state index is 5.53. The molecule has 0 saturated carbocycles. The van der Waals surface area contributed by atoms with Gasteiger partial charge in [0.25, 0.3) is 0 Å². The Balaban J connectivity index is 2.71. The zero-order valence-corrected chi connectivity index (χ0v) is 7.54. The first-order valence-electron chi connectivity index (χ1n) is 3.99. The molecule has 0 aromatic heterocycles. The highest BCUT2D eigenvalue weighted by molar-refractivity contribution is 5.29. The zero-order chi connectivity index (χ0) is 8.97. The predicted molar refractivity (Wildman–Crippen MR) is 47.6 cm³/mol. The molecule has 3 heteroatoms. The van der Waals surface area contributed by atoms with E-state index in [0.717, 1.165) is 17.8 Å². The van der Waals surface area contributed by atoms with Crippen molar-refractivity contribution in [1.82, 2.24) is 0 Å². The van der Waals surface area contributed by atoms with Crippen molar-refractivity contribution in [2.24, 2.45) is 5.73 Å². The fourth-order valence-corrected chi connectivity index (χ4v) is 1.26. The Kier molecular flexibility index (Phi) is 3.31. The molecule has 1 rings (SSSR count). The summed E-state index contributed by atoms with van der Waals surface area (Å²) in [6.45, 7) is 0.524. The maximum atomic E-state index is 5.53. The molecule has 0 aromatic rings. The summed E-state index contributed by atoms with van der Waals surface area (Å²) < 4.78 is 10.4. The standard InChI is InChI=1S/C9H15NO2/c1-11-8-4-3-7(6-10)9(5-8)12-2/h3-4,8H,5-6,10H2,1-2H3. The molecule has 1 aliphatic rings. The van der Waals surface area contributed by atoms with Gasteiger partial charge in [0.15, 0.2) is 0 Å². The van der Waals surface area contributed by atoms with Gasteiger partial charge in [0, 0.05) is 25.6 Å². The van der Waals surface area contributed by atoms with Crippen LogP contribution in [-0.2, 0) is 9.47 Å². The SMILES string of the molecule is COC1=C(CN)C=CC(OC)C1. The van der Waals surface area contributed by atoms with E-state index in [0.29, 0.717) is 6.54 Å². The van der Waals surface area contributed by atoms with Gasteiger partial charge in [-0.25, -0.2) is 0 Å². The van der Waals surface area contributed by atoms with E-state index in [1.807, 2.05) is 12.2 Å². The van der Waals surface area contributed by atoms with Crippen LogP contribution in [0.1, 0.15) is 6.42 Å². The topological polar surface area (TPSA) is 44.5 Å². The van der Waals surface area contributed by atoms with Crippen molar-refractivity contribution in [3.05, 3.63) is 23.5 Å². The van der Waals surface area contributed by atoms with Crippen LogP contribution in [0.5, 0.6) is 0 Å². The second-order valence-corrected chi connectivity index (χ2v) is 2.69. The number of hydrogen-bond acceptors (Lipinski definition) is 3. The minimum absolute atomic E-state index is 0.134. The Morgan fingerprint density at radius 2 is 2.33 bits per heavy atom. The third-order valence-corrected chi connectivity index (χ3v) is 2.03. The summed E-state index contributed by atoms with van der Waals surface area (Å²) in [5.74, 6) is 0.937. The van der Waals surface area contributed by atoms with Crippen molar-refractivity contribution < 1.29 is 9.47 Å². The fourth-order valence-electron chi connectivity index (χ4n) is 1.26. The van der Waals surface area contributed by atoms with Crippen LogP contribution in [0, 0.1) is 0 Å². The molecule has 0 heterocycles. The highest BCUT2D eigenvalue weighted by Crippen LogP contribution is 2.20. The number of rotatable bonds is 3.